The Morgan fingerprint density at radius 3 is 2.36 bits per heavy atom. The maximum atomic E-state index is 10.7. The molecule has 0 aliphatic carbocycles. The molecule has 1 aliphatic heterocycles. The van der Waals surface area contributed by atoms with Gasteiger partial charge in [-0.15, -0.1) is 0 Å². The van der Waals surface area contributed by atoms with E-state index >= 15 is 0 Å². The highest BCUT2D eigenvalue weighted by Gasteiger charge is 2.34. The van der Waals surface area contributed by atoms with Crippen molar-refractivity contribution >= 4 is 7.82 Å². The summed E-state index contributed by atoms with van der Waals surface area (Å²) >= 11 is 0. The van der Waals surface area contributed by atoms with E-state index in [-0.39, 0.29) is 6.61 Å². The molecule has 1 rings (SSSR count). The first-order valence-electron chi connectivity index (χ1n) is 4.40. The van der Waals surface area contributed by atoms with Crippen LogP contribution in [0.5, 0.6) is 0 Å². The van der Waals surface area contributed by atoms with Crippen LogP contribution in [0, 0.1) is 0 Å². The van der Waals surface area contributed by atoms with Crippen LogP contribution in [0.15, 0.2) is 12.2 Å². The molecule has 0 aromatic heterocycles. The fraction of sp³-hybridized carbons (Fsp3) is 0.750. The third-order valence-electron chi connectivity index (χ3n) is 1.18. The van der Waals surface area contributed by atoms with E-state index in [4.69, 9.17) is 4.89 Å². The summed E-state index contributed by atoms with van der Waals surface area (Å²) in [4.78, 5) is 8.76. The number of allylic oxidation sites excluding steroid dienone is 2. The van der Waals surface area contributed by atoms with Gasteiger partial charge in [-0.2, -0.15) is 0 Å². The molecular weight excluding hydrogens is 207 g/mol. The molecular formula is C8H17O5P. The summed E-state index contributed by atoms with van der Waals surface area (Å²) in [6.45, 7) is 6.14. The topological polar surface area (TPSA) is 68.3 Å². The van der Waals surface area contributed by atoms with Gasteiger partial charge in [-0.05, 0) is 20.8 Å². The normalized spacial score (nSPS) is 23.9. The minimum Gasteiger partial charge on any atom is -0.344 e. The van der Waals surface area contributed by atoms with Crippen LogP contribution < -0.4 is 0 Å². The molecule has 0 amide bonds. The quantitative estimate of drug-likeness (QED) is 0.449. The zero-order chi connectivity index (χ0) is 11.0. The third kappa shape index (κ3) is 8.41. The molecule has 1 heterocycles. The number of hydrogen-bond acceptors (Lipinski definition) is 4. The molecule has 0 aromatic rings. The van der Waals surface area contributed by atoms with Gasteiger partial charge in [-0.25, -0.2) is 4.57 Å². The van der Waals surface area contributed by atoms with Crippen LogP contribution in [0.25, 0.3) is 0 Å². The van der Waals surface area contributed by atoms with Gasteiger partial charge in [0, 0.05) is 0 Å². The van der Waals surface area contributed by atoms with Gasteiger partial charge in [0.15, 0.2) is 6.29 Å². The van der Waals surface area contributed by atoms with Crippen molar-refractivity contribution in [2.24, 2.45) is 0 Å². The molecule has 1 fully saturated rings. The number of phosphoric acid groups is 1. The highest BCUT2D eigenvalue weighted by atomic mass is 31.2. The van der Waals surface area contributed by atoms with Crippen molar-refractivity contribution in [2.75, 3.05) is 13.2 Å². The predicted octanol–water partition coefficient (Wildman–Crippen LogP) is 2.08. The number of epoxide rings is 1. The van der Waals surface area contributed by atoms with Crippen LogP contribution >= 0.6 is 7.82 Å². The summed E-state index contributed by atoms with van der Waals surface area (Å²) < 4.78 is 24.1. The molecule has 6 heteroatoms. The number of phosphoric ester groups is 1. The molecule has 0 radical (unpaired) electrons. The second kappa shape index (κ2) is 7.15. The largest absolute Gasteiger partial charge is 0.474 e. The lowest BCUT2D eigenvalue weighted by atomic mass is 10.6. The van der Waals surface area contributed by atoms with Crippen molar-refractivity contribution in [3.8, 4) is 0 Å². The van der Waals surface area contributed by atoms with Gasteiger partial charge in [-0.1, -0.05) is 12.2 Å². The van der Waals surface area contributed by atoms with E-state index in [2.05, 4.69) is 13.8 Å². The summed E-state index contributed by atoms with van der Waals surface area (Å²) in [5.74, 6) is 0. The molecule has 1 N–H and O–H groups in total. The van der Waals surface area contributed by atoms with Gasteiger partial charge in [0.25, 0.3) is 0 Å². The number of rotatable bonds is 4. The van der Waals surface area contributed by atoms with Gasteiger partial charge in [-0.3, -0.25) is 9.05 Å². The van der Waals surface area contributed by atoms with Crippen molar-refractivity contribution in [3.05, 3.63) is 12.2 Å². The molecule has 1 aliphatic rings. The Morgan fingerprint density at radius 1 is 1.57 bits per heavy atom. The maximum absolute atomic E-state index is 10.7. The fourth-order valence-corrected chi connectivity index (χ4v) is 1.25. The molecule has 14 heavy (non-hydrogen) atoms. The van der Waals surface area contributed by atoms with Gasteiger partial charge in [0.05, 0.1) is 6.61 Å². The molecule has 2 unspecified atom stereocenters. The van der Waals surface area contributed by atoms with Crippen LogP contribution in [0.3, 0.4) is 0 Å². The van der Waals surface area contributed by atoms with Crippen LogP contribution in [-0.2, 0) is 18.3 Å². The van der Waals surface area contributed by atoms with Gasteiger partial charge in [0.2, 0.25) is 0 Å². The predicted molar refractivity (Wildman–Crippen MR) is 52.8 cm³/mol. The average Bonchev–Trinajstić information content (AvgIpc) is 2.88. The van der Waals surface area contributed by atoms with Gasteiger partial charge >= 0.3 is 7.82 Å². The smallest absolute Gasteiger partial charge is 0.344 e. The minimum atomic E-state index is -3.81. The molecule has 0 aromatic carbocycles. The first-order valence-corrected chi connectivity index (χ1v) is 5.90. The zero-order valence-electron chi connectivity index (χ0n) is 8.67. The van der Waals surface area contributed by atoms with Gasteiger partial charge in [0.1, 0.15) is 6.61 Å². The highest BCUT2D eigenvalue weighted by Crippen LogP contribution is 2.46. The second-order valence-corrected chi connectivity index (χ2v) is 3.83. The van der Waals surface area contributed by atoms with E-state index in [9.17, 15) is 4.57 Å². The van der Waals surface area contributed by atoms with Crippen molar-refractivity contribution < 1.29 is 23.2 Å². The fourth-order valence-electron chi connectivity index (χ4n) is 0.442. The third-order valence-corrected chi connectivity index (χ3v) is 2.27. The average molecular weight is 224 g/mol. The molecule has 0 bridgehead atoms. The van der Waals surface area contributed by atoms with E-state index < -0.39 is 14.1 Å². The lowest BCUT2D eigenvalue weighted by Gasteiger charge is -2.07. The molecule has 0 spiro atoms. The first-order chi connectivity index (χ1) is 6.55. The Balaban J connectivity index is 0.000000364. The van der Waals surface area contributed by atoms with E-state index in [0.717, 1.165) is 0 Å². The lowest BCUT2D eigenvalue weighted by molar-refractivity contribution is 0.102. The zero-order valence-corrected chi connectivity index (χ0v) is 9.57. The summed E-state index contributed by atoms with van der Waals surface area (Å²) in [6, 6.07) is 0. The van der Waals surface area contributed by atoms with E-state index in [0.29, 0.717) is 6.61 Å². The van der Waals surface area contributed by atoms with Gasteiger partial charge < -0.3 is 9.63 Å². The standard InChI is InChI=1S/C4H9O5P.C4H8/c1-2-8-10(5,6)9-4-3-7-4;1-3-4-2/h4H,2-3H2,1H3,(H,5,6);3-4H,1-2H3. The van der Waals surface area contributed by atoms with Crippen molar-refractivity contribution in [1.82, 2.24) is 0 Å². The van der Waals surface area contributed by atoms with E-state index in [1.54, 1.807) is 6.92 Å². The SMILES string of the molecule is CC=CC.CCOP(=O)(O)OC1CO1. The minimum absolute atomic E-state index is 0.153. The molecule has 1 saturated heterocycles. The van der Waals surface area contributed by atoms with Crippen LogP contribution in [0.1, 0.15) is 20.8 Å². The van der Waals surface area contributed by atoms with Crippen molar-refractivity contribution in [1.29, 1.82) is 0 Å². The number of hydrogen-bond donors (Lipinski definition) is 1. The molecule has 5 nitrogen and oxygen atoms in total. The Kier molecular flexibility index (Phi) is 7.05. The highest BCUT2D eigenvalue weighted by molar-refractivity contribution is 7.47. The monoisotopic (exact) mass is 224 g/mol. The van der Waals surface area contributed by atoms with Crippen LogP contribution in [0.2, 0.25) is 0 Å². The Hall–Kier alpha value is -0.190. The van der Waals surface area contributed by atoms with E-state index in [1.165, 1.54) is 0 Å². The molecule has 2 atom stereocenters. The summed E-state index contributed by atoms with van der Waals surface area (Å²) in [5.41, 5.74) is 0. The lowest BCUT2D eigenvalue weighted by Crippen LogP contribution is -1.96. The Morgan fingerprint density at radius 2 is 2.07 bits per heavy atom. The summed E-state index contributed by atoms with van der Waals surface area (Å²) in [6.07, 6.45) is 3.46. The van der Waals surface area contributed by atoms with Crippen molar-refractivity contribution in [2.45, 2.75) is 27.1 Å². The summed E-state index contributed by atoms with van der Waals surface area (Å²) in [7, 11) is -3.81. The molecule has 0 saturated carbocycles. The summed E-state index contributed by atoms with van der Waals surface area (Å²) in [5, 5.41) is 0. The van der Waals surface area contributed by atoms with Crippen LogP contribution in [-0.4, -0.2) is 24.4 Å². The number of ether oxygens (including phenoxy) is 1. The maximum Gasteiger partial charge on any atom is 0.474 e. The second-order valence-electron chi connectivity index (χ2n) is 2.42. The Labute approximate surface area is 84.3 Å². The van der Waals surface area contributed by atoms with Crippen LogP contribution in [0.4, 0.5) is 0 Å². The first kappa shape index (κ1) is 13.8. The van der Waals surface area contributed by atoms with E-state index in [1.807, 2.05) is 26.0 Å². The van der Waals surface area contributed by atoms with Crippen molar-refractivity contribution in [3.63, 3.8) is 0 Å². The Bertz CT molecular complexity index is 208. The molecule has 84 valence electrons.